The second kappa shape index (κ2) is 9.07. The van der Waals surface area contributed by atoms with Gasteiger partial charge in [0, 0.05) is 23.5 Å². The van der Waals surface area contributed by atoms with E-state index < -0.39 is 5.41 Å². The Morgan fingerprint density at radius 1 is 0.378 bits per heavy atom. The van der Waals surface area contributed by atoms with Crippen molar-refractivity contribution in [2.24, 2.45) is 0 Å². The van der Waals surface area contributed by atoms with Gasteiger partial charge in [0.1, 0.15) is 0 Å². The number of fused-ring (bicyclic) bond motifs is 7. The Morgan fingerprint density at radius 2 is 0.933 bits per heavy atom. The number of aromatic nitrogens is 2. The van der Waals surface area contributed by atoms with Gasteiger partial charge in [-0.25, -0.2) is 4.98 Å². The summed E-state index contributed by atoms with van der Waals surface area (Å²) in [6.07, 6.45) is 3.65. The van der Waals surface area contributed by atoms with Crippen LogP contribution in [0.5, 0.6) is 0 Å². The fourth-order valence-corrected chi connectivity index (χ4v) is 8.11. The summed E-state index contributed by atoms with van der Waals surface area (Å²) in [4.78, 5) is 9.39. The summed E-state index contributed by atoms with van der Waals surface area (Å²) >= 11 is 0. The van der Waals surface area contributed by atoms with Gasteiger partial charge in [-0.1, -0.05) is 97.1 Å². The van der Waals surface area contributed by atoms with Gasteiger partial charge in [-0.15, -0.1) is 0 Å². The maximum absolute atomic E-state index is 5.18. The van der Waals surface area contributed by atoms with Crippen molar-refractivity contribution in [2.45, 2.75) is 5.41 Å². The van der Waals surface area contributed by atoms with Gasteiger partial charge in [-0.05, 0) is 115 Å². The van der Waals surface area contributed by atoms with E-state index >= 15 is 0 Å². The summed E-state index contributed by atoms with van der Waals surface area (Å²) < 4.78 is 0. The smallest absolute Gasteiger partial charge is 0.0726 e. The molecule has 0 N–H and O–H groups in total. The van der Waals surface area contributed by atoms with Crippen LogP contribution in [0.15, 0.2) is 158 Å². The van der Waals surface area contributed by atoms with Gasteiger partial charge in [0.05, 0.1) is 16.8 Å². The molecule has 0 amide bonds. The Balaban J connectivity index is 1.32. The topological polar surface area (TPSA) is 25.8 Å². The van der Waals surface area contributed by atoms with Crippen LogP contribution in [0, 0.1) is 0 Å². The van der Waals surface area contributed by atoms with Crippen LogP contribution in [-0.2, 0) is 5.41 Å². The first-order valence-electron chi connectivity index (χ1n) is 15.5. The summed E-state index contributed by atoms with van der Waals surface area (Å²) in [5, 5.41) is 5.24. The highest BCUT2D eigenvalue weighted by molar-refractivity contribution is 6.19. The lowest BCUT2D eigenvalue weighted by Gasteiger charge is -2.31. The molecular formula is C43H26N2. The molecule has 0 atom stereocenters. The van der Waals surface area contributed by atoms with Crippen molar-refractivity contribution < 1.29 is 0 Å². The maximum Gasteiger partial charge on any atom is 0.0726 e. The van der Waals surface area contributed by atoms with E-state index in [0.717, 1.165) is 22.5 Å². The molecule has 0 saturated carbocycles. The Morgan fingerprint density at radius 3 is 1.60 bits per heavy atom. The molecule has 10 rings (SSSR count). The summed E-state index contributed by atoms with van der Waals surface area (Å²) in [7, 11) is 0. The zero-order chi connectivity index (χ0) is 29.5. The first-order valence-corrected chi connectivity index (χ1v) is 15.5. The number of pyridine rings is 2. The lowest BCUT2D eigenvalue weighted by molar-refractivity contribution is 0.797. The molecule has 208 valence electrons. The van der Waals surface area contributed by atoms with Crippen molar-refractivity contribution >= 4 is 21.5 Å². The summed E-state index contributed by atoms with van der Waals surface area (Å²) in [6, 6.07) is 53.4. The van der Waals surface area contributed by atoms with Gasteiger partial charge in [0.15, 0.2) is 0 Å². The van der Waals surface area contributed by atoms with E-state index in [1.165, 1.54) is 66.1 Å². The predicted octanol–water partition coefficient (Wildman–Crippen LogP) is 10.5. The van der Waals surface area contributed by atoms with E-state index in [9.17, 15) is 0 Å². The third kappa shape index (κ3) is 3.29. The minimum Gasteiger partial charge on any atom is -0.265 e. The van der Waals surface area contributed by atoms with Gasteiger partial charge in [0.2, 0.25) is 0 Å². The van der Waals surface area contributed by atoms with Gasteiger partial charge in [-0.2, -0.15) is 0 Å². The molecule has 0 fully saturated rings. The number of nitrogens with zero attached hydrogens (tertiary/aromatic N) is 2. The highest BCUT2D eigenvalue weighted by atomic mass is 14.7. The number of rotatable bonds is 3. The molecule has 6 aromatic carbocycles. The first kappa shape index (κ1) is 24.6. The SMILES string of the molecule is c1ccc(-c2cc3c4c(ccc5cc(-c6cccc(-c7ccncc7)n6)cc(c54)C34c3ccccc3-c3ccccc34)c2)cc1. The van der Waals surface area contributed by atoms with Crippen LogP contribution in [-0.4, -0.2) is 9.97 Å². The summed E-state index contributed by atoms with van der Waals surface area (Å²) in [6.45, 7) is 0. The second-order valence-corrected chi connectivity index (χ2v) is 12.2. The number of benzene rings is 6. The molecule has 0 bridgehead atoms. The molecule has 1 spiro atoms. The minimum absolute atomic E-state index is 0.434. The van der Waals surface area contributed by atoms with Crippen molar-refractivity contribution in [3.8, 4) is 44.8 Å². The zero-order valence-corrected chi connectivity index (χ0v) is 24.4. The molecule has 2 heterocycles. The zero-order valence-electron chi connectivity index (χ0n) is 24.4. The van der Waals surface area contributed by atoms with Crippen LogP contribution in [0.2, 0.25) is 0 Å². The van der Waals surface area contributed by atoms with Crippen LogP contribution in [0.1, 0.15) is 22.3 Å². The Hall–Kier alpha value is -5.86. The maximum atomic E-state index is 5.18. The minimum atomic E-state index is -0.434. The van der Waals surface area contributed by atoms with E-state index in [2.05, 4.69) is 138 Å². The standard InChI is InChI=1S/C43H26N2/c1-2-9-27(10-3-1)31-23-29-17-18-30-24-32(40-16-8-15-39(45-40)28-19-21-44-22-20-28)26-38-42(30)41(29)37(25-31)43(38)35-13-6-4-11-33(35)34-12-5-7-14-36(34)43/h1-26H. The monoisotopic (exact) mass is 570 g/mol. The Kier molecular flexibility index (Phi) is 4.95. The van der Waals surface area contributed by atoms with Crippen LogP contribution < -0.4 is 0 Å². The van der Waals surface area contributed by atoms with E-state index in [1.54, 1.807) is 0 Å². The van der Waals surface area contributed by atoms with Gasteiger partial charge in [-0.3, -0.25) is 4.98 Å². The molecule has 0 radical (unpaired) electrons. The lowest BCUT2D eigenvalue weighted by atomic mass is 9.69. The van der Waals surface area contributed by atoms with Gasteiger partial charge in [0.25, 0.3) is 0 Å². The first-order chi connectivity index (χ1) is 22.3. The van der Waals surface area contributed by atoms with Crippen molar-refractivity contribution in [1.82, 2.24) is 9.97 Å². The van der Waals surface area contributed by atoms with E-state index in [-0.39, 0.29) is 0 Å². The molecule has 2 heteroatoms. The molecule has 0 unspecified atom stereocenters. The largest absolute Gasteiger partial charge is 0.265 e. The van der Waals surface area contributed by atoms with Crippen molar-refractivity contribution in [2.75, 3.05) is 0 Å². The fourth-order valence-electron chi connectivity index (χ4n) is 8.11. The van der Waals surface area contributed by atoms with Crippen molar-refractivity contribution in [3.63, 3.8) is 0 Å². The Labute approximate surface area is 261 Å². The predicted molar refractivity (Wildman–Crippen MR) is 184 cm³/mol. The molecular weight excluding hydrogens is 544 g/mol. The van der Waals surface area contributed by atoms with Crippen molar-refractivity contribution in [3.05, 3.63) is 180 Å². The fraction of sp³-hybridized carbons (Fsp3) is 0.0233. The number of hydrogen-bond acceptors (Lipinski definition) is 2. The molecule has 2 nitrogen and oxygen atoms in total. The average Bonchev–Trinajstić information content (AvgIpc) is 3.59. The van der Waals surface area contributed by atoms with Gasteiger partial charge >= 0.3 is 0 Å². The Bertz CT molecular complexity index is 2430. The van der Waals surface area contributed by atoms with Crippen LogP contribution in [0.4, 0.5) is 0 Å². The van der Waals surface area contributed by atoms with Crippen LogP contribution in [0.25, 0.3) is 66.3 Å². The summed E-state index contributed by atoms with van der Waals surface area (Å²) in [5.74, 6) is 0. The van der Waals surface area contributed by atoms with Crippen LogP contribution in [0.3, 0.4) is 0 Å². The third-order valence-electron chi connectivity index (χ3n) is 9.92. The molecule has 0 aliphatic heterocycles. The van der Waals surface area contributed by atoms with Gasteiger partial charge < -0.3 is 0 Å². The third-order valence-corrected chi connectivity index (χ3v) is 9.92. The molecule has 2 aromatic heterocycles. The van der Waals surface area contributed by atoms with E-state index in [4.69, 9.17) is 4.98 Å². The normalized spacial score (nSPS) is 13.5. The molecule has 0 saturated heterocycles. The second-order valence-electron chi connectivity index (χ2n) is 12.2. The van der Waals surface area contributed by atoms with E-state index in [1.807, 2.05) is 24.5 Å². The molecule has 45 heavy (non-hydrogen) atoms. The molecule has 2 aliphatic rings. The highest BCUT2D eigenvalue weighted by Gasteiger charge is 2.51. The molecule has 8 aromatic rings. The average molecular weight is 571 g/mol. The lowest BCUT2D eigenvalue weighted by Crippen LogP contribution is -2.26. The van der Waals surface area contributed by atoms with Crippen molar-refractivity contribution in [1.29, 1.82) is 0 Å². The number of hydrogen-bond donors (Lipinski definition) is 0. The van der Waals surface area contributed by atoms with E-state index in [0.29, 0.717) is 0 Å². The van der Waals surface area contributed by atoms with Crippen LogP contribution >= 0.6 is 0 Å². The summed E-state index contributed by atoms with van der Waals surface area (Å²) in [5.41, 5.74) is 14.2. The highest BCUT2D eigenvalue weighted by Crippen LogP contribution is 2.63. The molecule has 2 aliphatic carbocycles. The quantitative estimate of drug-likeness (QED) is 0.198.